The fourth-order valence-electron chi connectivity index (χ4n) is 1.10. The zero-order chi connectivity index (χ0) is 13.9. The molecule has 0 aliphatic rings. The fourth-order valence-corrected chi connectivity index (χ4v) is 2.08. The Labute approximate surface area is 117 Å². The van der Waals surface area contributed by atoms with E-state index in [4.69, 9.17) is 0 Å². The number of hydrogen-bond donors (Lipinski definition) is 0. The summed E-state index contributed by atoms with van der Waals surface area (Å²) >= 11 is 1.56. The van der Waals surface area contributed by atoms with Gasteiger partial charge >= 0.3 is 0 Å². The highest BCUT2D eigenvalue weighted by Gasteiger charge is 2.28. The lowest BCUT2D eigenvalue weighted by Crippen LogP contribution is -2.27. The quantitative estimate of drug-likeness (QED) is 0.610. The van der Waals surface area contributed by atoms with Crippen LogP contribution in [0.15, 0.2) is 27.1 Å². The first-order valence-electron chi connectivity index (χ1n) is 5.26. The first kappa shape index (κ1) is 15.6. The Morgan fingerprint density at radius 2 is 2.06 bits per heavy atom. The van der Waals surface area contributed by atoms with E-state index >= 15 is 0 Å². The Morgan fingerprint density at radius 1 is 1.44 bits per heavy atom. The Balaban J connectivity index is 3.17. The highest BCUT2D eigenvalue weighted by molar-refractivity contribution is 9.10. The second-order valence-electron chi connectivity index (χ2n) is 4.66. The normalized spacial score (nSPS) is 14.7. The molecule has 100 valence electrons. The summed E-state index contributed by atoms with van der Waals surface area (Å²) in [5.41, 5.74) is -0.105. The van der Waals surface area contributed by atoms with Gasteiger partial charge in [0, 0.05) is 10.0 Å². The molecule has 1 aromatic rings. The van der Waals surface area contributed by atoms with Crippen molar-refractivity contribution < 1.29 is 13.3 Å². The van der Waals surface area contributed by atoms with E-state index in [0.29, 0.717) is 4.47 Å². The molecule has 1 unspecified atom stereocenters. The molecular weight excluding hydrogens is 324 g/mol. The van der Waals surface area contributed by atoms with Crippen LogP contribution in [0.25, 0.3) is 0 Å². The van der Waals surface area contributed by atoms with Gasteiger partial charge in [0.1, 0.15) is 34.3 Å². The van der Waals surface area contributed by atoms with Crippen molar-refractivity contribution in [1.82, 2.24) is 0 Å². The number of alkyl halides is 1. The summed E-state index contributed by atoms with van der Waals surface area (Å²) in [6, 6.07) is 4.15. The van der Waals surface area contributed by atoms with Gasteiger partial charge in [-0.1, -0.05) is 20.3 Å². The van der Waals surface area contributed by atoms with Gasteiger partial charge in [-0.3, -0.25) is 0 Å². The molecule has 0 aromatic heterocycles. The molecule has 0 saturated heterocycles. The van der Waals surface area contributed by atoms with Crippen LogP contribution in [0.3, 0.4) is 0 Å². The third-order valence-corrected chi connectivity index (χ3v) is 4.01. The van der Waals surface area contributed by atoms with Crippen molar-refractivity contribution in [3.8, 4) is 0 Å². The first-order chi connectivity index (χ1) is 8.25. The van der Waals surface area contributed by atoms with E-state index < -0.39 is 28.6 Å². The summed E-state index contributed by atoms with van der Waals surface area (Å²) in [7, 11) is 0. The molecule has 0 saturated carbocycles. The van der Waals surface area contributed by atoms with Crippen LogP contribution < -0.4 is 0 Å². The number of benzene rings is 1. The lowest BCUT2D eigenvalue weighted by molar-refractivity contribution is 0.557. The van der Waals surface area contributed by atoms with Crippen molar-refractivity contribution in [2.45, 2.75) is 25.5 Å². The molecule has 0 bridgehead atoms. The Bertz CT molecular complexity index is 460. The van der Waals surface area contributed by atoms with E-state index in [9.17, 15) is 13.3 Å². The van der Waals surface area contributed by atoms with Crippen LogP contribution in [0, 0.1) is 5.82 Å². The lowest BCUT2D eigenvalue weighted by atomic mass is 10.1. The molecule has 6 heteroatoms. The molecule has 0 N–H and O–H groups in total. The summed E-state index contributed by atoms with van der Waals surface area (Å²) in [6.07, 6.45) is 0. The lowest BCUT2D eigenvalue weighted by Gasteiger charge is -2.19. The van der Waals surface area contributed by atoms with Crippen LogP contribution in [0.5, 0.6) is 0 Å². The van der Waals surface area contributed by atoms with Crippen LogP contribution in [0.2, 0.25) is 0 Å². The molecule has 1 aromatic carbocycles. The Hall–Kier alpha value is -0.460. The van der Waals surface area contributed by atoms with Crippen molar-refractivity contribution in [3.05, 3.63) is 34.1 Å². The Kier molecular flexibility index (Phi) is 5.31. The largest absolute Gasteiger partial charge is 0.591 e. The van der Waals surface area contributed by atoms with E-state index in [2.05, 4.69) is 20.3 Å². The standard InChI is InChI=1S/C12H14BrF2NOS/c1-12(2,3)18(17)16-11(7-14)9-6-8(13)4-5-10(9)15/h4-6H,7H2,1-3H3. The predicted molar refractivity (Wildman–Crippen MR) is 74.5 cm³/mol. The predicted octanol–water partition coefficient (Wildman–Crippen LogP) is 3.81. The van der Waals surface area contributed by atoms with Crippen LogP contribution in [-0.4, -0.2) is 21.7 Å². The Morgan fingerprint density at radius 3 is 2.56 bits per heavy atom. The molecular formula is C12H14BrF2NOS. The van der Waals surface area contributed by atoms with Crippen LogP contribution in [0.4, 0.5) is 8.78 Å². The molecule has 0 fully saturated rings. The topological polar surface area (TPSA) is 35.4 Å². The molecule has 0 aliphatic carbocycles. The molecule has 0 spiro atoms. The summed E-state index contributed by atoms with van der Waals surface area (Å²) in [5.74, 6) is -0.583. The van der Waals surface area contributed by atoms with E-state index in [1.54, 1.807) is 20.8 Å². The van der Waals surface area contributed by atoms with Gasteiger partial charge in [-0.2, -0.15) is 0 Å². The van der Waals surface area contributed by atoms with Gasteiger partial charge in [0.25, 0.3) is 0 Å². The maximum Gasteiger partial charge on any atom is 0.144 e. The molecule has 0 radical (unpaired) electrons. The van der Waals surface area contributed by atoms with Gasteiger partial charge < -0.3 is 4.55 Å². The number of rotatable bonds is 3. The van der Waals surface area contributed by atoms with Gasteiger partial charge in [-0.05, 0) is 39.0 Å². The summed E-state index contributed by atoms with van der Waals surface area (Å²) in [6.45, 7) is 4.20. The van der Waals surface area contributed by atoms with Crippen LogP contribution >= 0.6 is 15.9 Å². The highest BCUT2D eigenvalue weighted by Crippen LogP contribution is 2.21. The third-order valence-electron chi connectivity index (χ3n) is 2.08. The number of hydrogen-bond acceptors (Lipinski definition) is 2. The second-order valence-corrected chi connectivity index (χ2v) is 7.48. The molecule has 0 heterocycles. The zero-order valence-corrected chi connectivity index (χ0v) is 12.7. The maximum atomic E-state index is 13.6. The molecule has 1 atom stereocenters. The summed E-state index contributed by atoms with van der Waals surface area (Å²) in [4.78, 5) is 0. The fraction of sp³-hybridized carbons (Fsp3) is 0.417. The first-order valence-corrected chi connectivity index (χ1v) is 7.16. The van der Waals surface area contributed by atoms with Crippen molar-refractivity contribution in [2.75, 3.05) is 6.67 Å². The molecule has 1 rings (SSSR count). The average molecular weight is 338 g/mol. The smallest absolute Gasteiger partial charge is 0.144 e. The monoisotopic (exact) mass is 337 g/mol. The van der Waals surface area contributed by atoms with Gasteiger partial charge in [0.15, 0.2) is 0 Å². The van der Waals surface area contributed by atoms with E-state index in [0.717, 1.165) is 0 Å². The van der Waals surface area contributed by atoms with Gasteiger partial charge in [0.2, 0.25) is 0 Å². The molecule has 0 aliphatic heterocycles. The van der Waals surface area contributed by atoms with E-state index in [1.165, 1.54) is 18.2 Å². The number of nitrogens with zero attached hydrogens (tertiary/aromatic N) is 1. The van der Waals surface area contributed by atoms with Crippen LogP contribution in [-0.2, 0) is 11.4 Å². The van der Waals surface area contributed by atoms with Crippen LogP contribution in [0.1, 0.15) is 26.3 Å². The zero-order valence-electron chi connectivity index (χ0n) is 10.3. The van der Waals surface area contributed by atoms with Gasteiger partial charge in [-0.25, -0.2) is 8.78 Å². The van der Waals surface area contributed by atoms with Gasteiger partial charge in [-0.15, -0.1) is 0 Å². The third kappa shape index (κ3) is 4.03. The average Bonchev–Trinajstić information content (AvgIpc) is 2.28. The minimum Gasteiger partial charge on any atom is -0.591 e. The summed E-state index contributed by atoms with van der Waals surface area (Å²) < 4.78 is 42.2. The minimum absolute atomic E-state index is 0.0319. The van der Waals surface area contributed by atoms with Crippen molar-refractivity contribution in [2.24, 2.45) is 4.40 Å². The highest BCUT2D eigenvalue weighted by atomic mass is 79.9. The van der Waals surface area contributed by atoms with Gasteiger partial charge in [0.05, 0.1) is 0 Å². The van der Waals surface area contributed by atoms with Crippen molar-refractivity contribution in [1.29, 1.82) is 0 Å². The number of halogens is 3. The molecule has 2 nitrogen and oxygen atoms in total. The molecule has 0 amide bonds. The van der Waals surface area contributed by atoms with Crippen molar-refractivity contribution in [3.63, 3.8) is 0 Å². The van der Waals surface area contributed by atoms with E-state index in [-0.39, 0.29) is 11.3 Å². The maximum absolute atomic E-state index is 13.6. The van der Waals surface area contributed by atoms with Crippen molar-refractivity contribution >= 4 is 33.0 Å². The van der Waals surface area contributed by atoms with E-state index in [1.807, 2.05) is 0 Å². The SMILES string of the molecule is CC(C)(C)[S+]([O-])N=C(CF)c1cc(Br)ccc1F. The minimum atomic E-state index is -1.62. The summed E-state index contributed by atoms with van der Waals surface area (Å²) in [5, 5.41) is 0. The second kappa shape index (κ2) is 6.12. The molecule has 18 heavy (non-hydrogen) atoms.